The predicted octanol–water partition coefficient (Wildman–Crippen LogP) is 1.26. The summed E-state index contributed by atoms with van der Waals surface area (Å²) >= 11 is 5.88. The van der Waals surface area contributed by atoms with Gasteiger partial charge in [0.15, 0.2) is 5.78 Å². The topological polar surface area (TPSA) is 109 Å². The first-order valence-electron chi connectivity index (χ1n) is 8.80. The number of fused-ring (bicyclic) bond motifs is 3. The highest BCUT2D eigenvalue weighted by Gasteiger charge is 2.18. The Kier molecular flexibility index (Phi) is 4.85. The van der Waals surface area contributed by atoms with E-state index in [0.29, 0.717) is 21.6 Å². The molecule has 146 valence electrons. The highest BCUT2D eigenvalue weighted by Crippen LogP contribution is 2.19. The number of para-hydroxylation sites is 2. The van der Waals surface area contributed by atoms with Crippen LogP contribution < -0.4 is 10.7 Å². The molecule has 0 aliphatic rings. The van der Waals surface area contributed by atoms with E-state index in [4.69, 9.17) is 11.6 Å². The number of imidazole rings is 1. The lowest BCUT2D eigenvalue weighted by molar-refractivity contribution is -0.305. The minimum Gasteiger partial charge on any atom is -0.550 e. The second-order valence-corrected chi connectivity index (χ2v) is 6.89. The second-order valence-electron chi connectivity index (χ2n) is 6.45. The third-order valence-electron chi connectivity index (χ3n) is 4.53. The largest absolute Gasteiger partial charge is 0.550 e. The van der Waals surface area contributed by atoms with Crippen molar-refractivity contribution in [2.45, 2.75) is 19.4 Å². The molecule has 4 rings (SSSR count). The number of aliphatic carboxylic acids is 1. The van der Waals surface area contributed by atoms with Crippen molar-refractivity contribution >= 4 is 40.2 Å². The zero-order chi connectivity index (χ0) is 20.5. The standard InChI is InChI=1S/C20H15ClN4O4/c21-13-7-5-12(6-8-13)17(26)11-24-15-3-1-2-4-16(15)25-20(24)22-19(29)14(23-25)9-10-18(27)28/h1-8H,9-11H2,(H,27,28)/p-1. The first-order chi connectivity index (χ1) is 13.9. The van der Waals surface area contributed by atoms with E-state index in [0.717, 1.165) is 0 Å². The lowest BCUT2D eigenvalue weighted by atomic mass is 10.1. The van der Waals surface area contributed by atoms with E-state index in [1.54, 1.807) is 53.1 Å². The maximum Gasteiger partial charge on any atom is 0.296 e. The molecule has 0 bridgehead atoms. The zero-order valence-electron chi connectivity index (χ0n) is 15.0. The van der Waals surface area contributed by atoms with Crippen LogP contribution in [-0.4, -0.2) is 30.9 Å². The molecule has 9 heteroatoms. The number of ketones is 1. The molecular formula is C20H14ClN4O4-. The molecule has 0 N–H and O–H groups in total. The van der Waals surface area contributed by atoms with Gasteiger partial charge < -0.3 is 14.5 Å². The summed E-state index contributed by atoms with van der Waals surface area (Å²) in [5, 5.41) is 15.5. The Hall–Kier alpha value is -3.52. The number of carboxylic acid groups (broad SMARTS) is 1. The van der Waals surface area contributed by atoms with Crippen LogP contribution in [0.25, 0.3) is 16.8 Å². The molecule has 0 aliphatic carbocycles. The van der Waals surface area contributed by atoms with Gasteiger partial charge in [-0.2, -0.15) is 14.6 Å². The van der Waals surface area contributed by atoms with Crippen molar-refractivity contribution in [2.75, 3.05) is 0 Å². The molecule has 0 saturated heterocycles. The van der Waals surface area contributed by atoms with Gasteiger partial charge in [0, 0.05) is 23.0 Å². The molecule has 0 unspecified atom stereocenters. The van der Waals surface area contributed by atoms with Gasteiger partial charge >= 0.3 is 0 Å². The van der Waals surface area contributed by atoms with Crippen LogP contribution in [0.2, 0.25) is 5.02 Å². The summed E-state index contributed by atoms with van der Waals surface area (Å²) in [6.45, 7) is -0.0504. The second kappa shape index (κ2) is 7.48. The van der Waals surface area contributed by atoms with E-state index < -0.39 is 11.5 Å². The van der Waals surface area contributed by atoms with E-state index in [1.165, 1.54) is 4.52 Å². The van der Waals surface area contributed by atoms with Gasteiger partial charge in [0.2, 0.25) is 5.78 Å². The number of hydrogen-bond donors (Lipinski definition) is 0. The number of carbonyl (C=O) groups is 2. The predicted molar refractivity (Wildman–Crippen MR) is 104 cm³/mol. The number of aromatic nitrogens is 4. The van der Waals surface area contributed by atoms with Crippen molar-refractivity contribution in [3.05, 3.63) is 75.2 Å². The van der Waals surface area contributed by atoms with Crippen molar-refractivity contribution < 1.29 is 14.7 Å². The fraction of sp³-hybridized carbons (Fsp3) is 0.150. The summed E-state index contributed by atoms with van der Waals surface area (Å²) in [4.78, 5) is 39.9. The number of carbonyl (C=O) groups excluding carboxylic acids is 2. The number of nitrogens with zero attached hydrogens (tertiary/aromatic N) is 4. The van der Waals surface area contributed by atoms with Crippen LogP contribution in [0.5, 0.6) is 0 Å². The van der Waals surface area contributed by atoms with Gasteiger partial charge in [-0.05, 0) is 42.8 Å². The number of aryl methyl sites for hydroxylation is 1. The molecule has 2 heterocycles. The smallest absolute Gasteiger partial charge is 0.296 e. The Morgan fingerprint density at radius 2 is 1.72 bits per heavy atom. The highest BCUT2D eigenvalue weighted by molar-refractivity contribution is 6.30. The van der Waals surface area contributed by atoms with E-state index in [1.807, 2.05) is 0 Å². The molecule has 0 amide bonds. The van der Waals surface area contributed by atoms with Crippen LogP contribution in [0.4, 0.5) is 0 Å². The van der Waals surface area contributed by atoms with Gasteiger partial charge in [-0.3, -0.25) is 9.59 Å². The van der Waals surface area contributed by atoms with Crippen molar-refractivity contribution in [1.29, 1.82) is 0 Å². The summed E-state index contributed by atoms with van der Waals surface area (Å²) < 4.78 is 3.07. The van der Waals surface area contributed by atoms with E-state index in [-0.39, 0.29) is 36.6 Å². The normalized spacial score (nSPS) is 11.2. The Bertz CT molecular complexity index is 1310. The summed E-state index contributed by atoms with van der Waals surface area (Å²) in [6, 6.07) is 13.7. The molecule has 2 aromatic heterocycles. The molecule has 29 heavy (non-hydrogen) atoms. The zero-order valence-corrected chi connectivity index (χ0v) is 15.8. The van der Waals surface area contributed by atoms with E-state index in [9.17, 15) is 19.5 Å². The van der Waals surface area contributed by atoms with Gasteiger partial charge in [0.25, 0.3) is 5.56 Å². The Morgan fingerprint density at radius 1 is 1.03 bits per heavy atom. The molecule has 2 aromatic carbocycles. The quantitative estimate of drug-likeness (QED) is 0.443. The average molecular weight is 410 g/mol. The molecule has 4 aromatic rings. The summed E-state index contributed by atoms with van der Waals surface area (Å²) in [7, 11) is 0. The van der Waals surface area contributed by atoms with Crippen LogP contribution in [0.3, 0.4) is 0 Å². The van der Waals surface area contributed by atoms with Crippen LogP contribution in [0.15, 0.2) is 53.3 Å². The lowest BCUT2D eigenvalue weighted by Crippen LogP contribution is -2.26. The van der Waals surface area contributed by atoms with Crippen LogP contribution >= 0.6 is 11.6 Å². The number of carboxylic acids is 1. The van der Waals surface area contributed by atoms with Crippen molar-refractivity contribution in [3.8, 4) is 0 Å². The molecule has 0 fully saturated rings. The van der Waals surface area contributed by atoms with Gasteiger partial charge in [-0.15, -0.1) is 0 Å². The molecule has 0 spiro atoms. The summed E-state index contributed by atoms with van der Waals surface area (Å²) in [6.07, 6.45) is -0.413. The van der Waals surface area contributed by atoms with Gasteiger partial charge in [-0.25, -0.2) is 0 Å². The first-order valence-corrected chi connectivity index (χ1v) is 9.17. The Morgan fingerprint density at radius 3 is 2.41 bits per heavy atom. The van der Waals surface area contributed by atoms with E-state index >= 15 is 0 Å². The molecule has 0 atom stereocenters. The van der Waals surface area contributed by atoms with Crippen molar-refractivity contribution in [2.24, 2.45) is 0 Å². The molecular weight excluding hydrogens is 396 g/mol. The lowest BCUT2D eigenvalue weighted by Gasteiger charge is -2.06. The molecule has 0 radical (unpaired) electrons. The SMILES string of the molecule is O=C([O-])CCc1nn2c3ccccc3n(CC(=O)c3ccc(Cl)cc3)c2nc1=O. The third-order valence-corrected chi connectivity index (χ3v) is 4.79. The van der Waals surface area contributed by atoms with E-state index in [2.05, 4.69) is 10.1 Å². The Balaban J connectivity index is 1.83. The fourth-order valence-corrected chi connectivity index (χ4v) is 3.26. The Labute approximate surface area is 169 Å². The minimum atomic E-state index is -1.27. The van der Waals surface area contributed by atoms with Crippen molar-refractivity contribution in [1.82, 2.24) is 19.2 Å². The number of benzene rings is 2. The molecule has 0 saturated carbocycles. The number of rotatable bonds is 6. The van der Waals surface area contributed by atoms with Gasteiger partial charge in [-0.1, -0.05) is 23.7 Å². The summed E-state index contributed by atoms with van der Waals surface area (Å²) in [5.74, 6) is -1.25. The summed E-state index contributed by atoms with van der Waals surface area (Å²) in [5.41, 5.74) is 1.19. The molecule has 0 aliphatic heterocycles. The van der Waals surface area contributed by atoms with Gasteiger partial charge in [0.05, 0.1) is 17.6 Å². The maximum absolute atomic E-state index is 12.8. The first kappa shape index (κ1) is 18.8. The monoisotopic (exact) mass is 409 g/mol. The fourth-order valence-electron chi connectivity index (χ4n) is 3.13. The van der Waals surface area contributed by atoms with Gasteiger partial charge in [0.1, 0.15) is 5.69 Å². The van der Waals surface area contributed by atoms with Crippen molar-refractivity contribution in [3.63, 3.8) is 0 Å². The third kappa shape index (κ3) is 3.62. The number of Topliss-reactive ketones (excluding diaryl/α,β-unsaturated/α-hetero) is 1. The van der Waals surface area contributed by atoms with Crippen LogP contribution in [-0.2, 0) is 17.8 Å². The average Bonchev–Trinajstić information content (AvgIpc) is 2.99. The maximum atomic E-state index is 12.8. The number of halogens is 1. The highest BCUT2D eigenvalue weighted by atomic mass is 35.5. The van der Waals surface area contributed by atoms with Crippen LogP contribution in [0, 0.1) is 0 Å². The molecule has 8 nitrogen and oxygen atoms in total. The van der Waals surface area contributed by atoms with Crippen LogP contribution in [0.1, 0.15) is 22.5 Å². The minimum absolute atomic E-state index is 0.0265. The number of hydrogen-bond acceptors (Lipinski definition) is 6.